The van der Waals surface area contributed by atoms with E-state index in [4.69, 9.17) is 16.3 Å². The number of nitrogens with zero attached hydrogens (tertiary/aromatic N) is 2. The number of aliphatic hydroxyl groups is 1. The molecular formula is C24H21ClFN3O4. The van der Waals surface area contributed by atoms with Crippen LogP contribution in [-0.2, 0) is 16.1 Å². The first kappa shape index (κ1) is 22.8. The van der Waals surface area contributed by atoms with Gasteiger partial charge in [0.05, 0.1) is 17.7 Å². The Kier molecular flexibility index (Phi) is 6.98. The molecule has 170 valence electrons. The molecule has 0 spiro atoms. The highest BCUT2D eigenvalue weighted by molar-refractivity contribution is 6.31. The average molecular weight is 470 g/mol. The molecule has 4 rings (SSSR count). The first-order valence-electron chi connectivity index (χ1n) is 10.2. The number of aromatic nitrogens is 1. The van der Waals surface area contributed by atoms with Crippen molar-refractivity contribution in [1.82, 2.24) is 9.88 Å². The predicted molar refractivity (Wildman–Crippen MR) is 120 cm³/mol. The number of carbonyl (C=O) groups excluding carboxylic acids is 2. The lowest BCUT2D eigenvalue weighted by atomic mass is 9.98. The van der Waals surface area contributed by atoms with E-state index < -0.39 is 23.9 Å². The summed E-state index contributed by atoms with van der Waals surface area (Å²) in [6, 6.07) is 13.7. The van der Waals surface area contributed by atoms with Gasteiger partial charge in [0.2, 0.25) is 5.91 Å². The zero-order valence-corrected chi connectivity index (χ0v) is 18.2. The lowest BCUT2D eigenvalue weighted by Crippen LogP contribution is -2.52. The van der Waals surface area contributed by atoms with E-state index in [9.17, 15) is 19.1 Å². The van der Waals surface area contributed by atoms with E-state index in [2.05, 4.69) is 10.3 Å². The van der Waals surface area contributed by atoms with E-state index in [1.54, 1.807) is 47.6 Å². The molecule has 1 fully saturated rings. The molecule has 2 unspecified atom stereocenters. The van der Waals surface area contributed by atoms with Crippen LogP contribution in [0.2, 0.25) is 5.02 Å². The number of anilines is 1. The normalized spacial score (nSPS) is 18.3. The Labute approximate surface area is 194 Å². The van der Waals surface area contributed by atoms with E-state index >= 15 is 0 Å². The van der Waals surface area contributed by atoms with E-state index in [0.29, 0.717) is 12.2 Å². The highest BCUT2D eigenvalue weighted by atomic mass is 35.5. The molecule has 0 aliphatic carbocycles. The van der Waals surface area contributed by atoms with Crippen molar-refractivity contribution in [3.8, 4) is 0 Å². The lowest BCUT2D eigenvalue weighted by molar-refractivity contribution is -0.162. The molecule has 0 saturated carbocycles. The van der Waals surface area contributed by atoms with Crippen molar-refractivity contribution < 1.29 is 23.8 Å². The summed E-state index contributed by atoms with van der Waals surface area (Å²) in [5.74, 6) is -1.24. The average Bonchev–Trinajstić information content (AvgIpc) is 2.83. The Morgan fingerprint density at radius 2 is 2.03 bits per heavy atom. The summed E-state index contributed by atoms with van der Waals surface area (Å²) in [6.45, 7) is -0.0716. The van der Waals surface area contributed by atoms with Gasteiger partial charge < -0.3 is 20.1 Å². The molecule has 33 heavy (non-hydrogen) atoms. The smallest absolute Gasteiger partial charge is 0.255 e. The fourth-order valence-electron chi connectivity index (χ4n) is 3.71. The molecule has 1 saturated heterocycles. The summed E-state index contributed by atoms with van der Waals surface area (Å²) in [5.41, 5.74) is 2.35. The quantitative estimate of drug-likeness (QED) is 0.575. The number of aliphatic hydroxyl groups excluding tert-OH is 1. The number of hydrogen-bond acceptors (Lipinski definition) is 5. The summed E-state index contributed by atoms with van der Waals surface area (Å²) < 4.78 is 19.1. The van der Waals surface area contributed by atoms with Crippen LogP contribution in [0.4, 0.5) is 10.1 Å². The van der Waals surface area contributed by atoms with Gasteiger partial charge in [0.25, 0.3) is 5.91 Å². The zero-order chi connectivity index (χ0) is 23.4. The minimum absolute atomic E-state index is 0.106. The summed E-state index contributed by atoms with van der Waals surface area (Å²) in [6.07, 6.45) is 2.80. The van der Waals surface area contributed by atoms with Crippen LogP contribution in [0, 0.1) is 5.82 Å². The van der Waals surface area contributed by atoms with Crippen molar-refractivity contribution in [3.05, 3.63) is 94.5 Å². The summed E-state index contributed by atoms with van der Waals surface area (Å²) in [7, 11) is 0. The van der Waals surface area contributed by atoms with Gasteiger partial charge in [-0.05, 0) is 47.5 Å². The zero-order valence-electron chi connectivity index (χ0n) is 17.4. The number of carbonyl (C=O) groups is 2. The SMILES string of the molecule is O=C(Nc1ccc(C2OCC(=O)N(Cc3cccnc3)C2CO)cc1)c1ccc(F)c(Cl)c1. The van der Waals surface area contributed by atoms with Gasteiger partial charge >= 0.3 is 0 Å². The summed E-state index contributed by atoms with van der Waals surface area (Å²) >= 11 is 5.75. The van der Waals surface area contributed by atoms with Gasteiger partial charge in [0.1, 0.15) is 18.5 Å². The largest absolute Gasteiger partial charge is 0.394 e. The first-order chi connectivity index (χ1) is 16.0. The van der Waals surface area contributed by atoms with Crippen LogP contribution in [0.3, 0.4) is 0 Å². The molecular weight excluding hydrogens is 449 g/mol. The maximum Gasteiger partial charge on any atom is 0.255 e. The third kappa shape index (κ3) is 5.19. The number of hydrogen-bond donors (Lipinski definition) is 2. The van der Waals surface area contributed by atoms with Crippen molar-refractivity contribution in [2.75, 3.05) is 18.5 Å². The van der Waals surface area contributed by atoms with Gasteiger partial charge in [-0.1, -0.05) is 29.8 Å². The molecule has 2 heterocycles. The molecule has 2 atom stereocenters. The van der Waals surface area contributed by atoms with E-state index in [0.717, 1.165) is 17.2 Å². The number of nitrogens with one attached hydrogen (secondary N) is 1. The standard InChI is InChI=1S/C24H21ClFN3O4/c25-19-10-17(5-8-20(19)26)24(32)28-18-6-3-16(4-7-18)23-21(13-30)29(22(31)14-33-23)12-15-2-1-9-27-11-15/h1-11,21,23,30H,12-14H2,(H,28,32). The molecule has 2 amide bonds. The van der Waals surface area contributed by atoms with Crippen LogP contribution >= 0.6 is 11.6 Å². The van der Waals surface area contributed by atoms with Crippen LogP contribution in [0.15, 0.2) is 67.0 Å². The molecule has 1 aliphatic heterocycles. The van der Waals surface area contributed by atoms with Gasteiger partial charge in [-0.2, -0.15) is 0 Å². The third-order valence-corrected chi connectivity index (χ3v) is 5.69. The monoisotopic (exact) mass is 469 g/mol. The Balaban J connectivity index is 1.48. The highest BCUT2D eigenvalue weighted by Gasteiger charge is 2.37. The molecule has 0 bridgehead atoms. The molecule has 3 aromatic rings. The molecule has 2 N–H and O–H groups in total. The highest BCUT2D eigenvalue weighted by Crippen LogP contribution is 2.31. The Morgan fingerprint density at radius 3 is 2.70 bits per heavy atom. The first-order valence-corrected chi connectivity index (χ1v) is 10.6. The number of pyridine rings is 1. The molecule has 1 aliphatic rings. The Morgan fingerprint density at radius 1 is 1.24 bits per heavy atom. The molecule has 7 nitrogen and oxygen atoms in total. The second kappa shape index (κ2) is 10.1. The van der Waals surface area contributed by atoms with Gasteiger partial charge in [-0.3, -0.25) is 14.6 Å². The molecule has 9 heteroatoms. The van der Waals surface area contributed by atoms with Gasteiger partial charge in [0.15, 0.2) is 0 Å². The number of ether oxygens (including phenoxy) is 1. The maximum atomic E-state index is 13.3. The van der Waals surface area contributed by atoms with Crippen molar-refractivity contribution in [2.45, 2.75) is 18.7 Å². The van der Waals surface area contributed by atoms with Gasteiger partial charge in [-0.25, -0.2) is 4.39 Å². The van der Waals surface area contributed by atoms with E-state index in [1.807, 2.05) is 6.07 Å². The predicted octanol–water partition coefficient (Wildman–Crippen LogP) is 3.59. The minimum Gasteiger partial charge on any atom is -0.394 e. The van der Waals surface area contributed by atoms with Crippen molar-refractivity contribution in [1.29, 1.82) is 0 Å². The number of halogens is 2. The van der Waals surface area contributed by atoms with Crippen LogP contribution in [0.5, 0.6) is 0 Å². The third-order valence-electron chi connectivity index (χ3n) is 5.40. The second-order valence-electron chi connectivity index (χ2n) is 7.57. The summed E-state index contributed by atoms with van der Waals surface area (Å²) in [5, 5.41) is 12.6. The van der Waals surface area contributed by atoms with Crippen LogP contribution in [0.1, 0.15) is 27.6 Å². The van der Waals surface area contributed by atoms with E-state index in [1.165, 1.54) is 12.1 Å². The maximum absolute atomic E-state index is 13.3. The number of benzene rings is 2. The molecule has 1 aromatic heterocycles. The Bertz CT molecular complexity index is 1140. The fraction of sp³-hybridized carbons (Fsp3) is 0.208. The fourth-order valence-corrected chi connectivity index (χ4v) is 3.89. The van der Waals surface area contributed by atoms with Crippen LogP contribution in [0.25, 0.3) is 0 Å². The van der Waals surface area contributed by atoms with Crippen molar-refractivity contribution in [3.63, 3.8) is 0 Å². The number of rotatable bonds is 6. The van der Waals surface area contributed by atoms with E-state index in [-0.39, 0.29) is 29.7 Å². The van der Waals surface area contributed by atoms with Crippen molar-refractivity contribution in [2.24, 2.45) is 0 Å². The second-order valence-corrected chi connectivity index (χ2v) is 7.98. The summed E-state index contributed by atoms with van der Waals surface area (Å²) in [4.78, 5) is 30.6. The molecule has 2 aromatic carbocycles. The lowest BCUT2D eigenvalue weighted by Gasteiger charge is -2.40. The van der Waals surface area contributed by atoms with Crippen LogP contribution < -0.4 is 5.32 Å². The number of amides is 2. The number of morpholine rings is 1. The molecule has 0 radical (unpaired) electrons. The topological polar surface area (TPSA) is 91.8 Å². The van der Waals surface area contributed by atoms with Gasteiger partial charge in [-0.15, -0.1) is 0 Å². The van der Waals surface area contributed by atoms with Crippen LogP contribution in [-0.4, -0.2) is 46.1 Å². The van der Waals surface area contributed by atoms with Crippen molar-refractivity contribution >= 4 is 29.1 Å². The minimum atomic E-state index is -0.598. The Hall–Kier alpha value is -3.33. The van der Waals surface area contributed by atoms with Gasteiger partial charge in [0, 0.05) is 30.2 Å².